The Hall–Kier alpha value is -3.52. The van der Waals surface area contributed by atoms with Crippen LogP contribution in [-0.2, 0) is 0 Å². The van der Waals surface area contributed by atoms with Crippen LogP contribution in [0, 0.1) is 20.2 Å². The molecular weight excluding hydrogens is 374 g/mol. The van der Waals surface area contributed by atoms with Gasteiger partial charge in [0.1, 0.15) is 12.7 Å². The normalized spacial score (nSPS) is 10.1. The van der Waals surface area contributed by atoms with Crippen molar-refractivity contribution in [3.8, 4) is 11.4 Å². The lowest BCUT2D eigenvalue weighted by Crippen LogP contribution is -3.00. The molecule has 0 spiro atoms. The minimum atomic E-state index is -0.666. The van der Waals surface area contributed by atoms with Crippen LogP contribution >= 0.6 is 0 Å². The van der Waals surface area contributed by atoms with Gasteiger partial charge in [-0.15, -0.1) is 0 Å². The number of fused-ring (bicyclic) bond motifs is 1. The number of pyridine rings is 1. The molecule has 2 aromatic carbocycles. The highest BCUT2D eigenvalue weighted by Gasteiger charge is 2.27. The van der Waals surface area contributed by atoms with Crippen LogP contribution in [0.2, 0.25) is 0 Å². The molecule has 8 nitrogen and oxygen atoms in total. The first-order valence-electron chi connectivity index (χ1n) is 7.62. The Morgan fingerprint density at radius 3 is 2.48 bits per heavy atom. The molecule has 0 bridgehead atoms. The van der Waals surface area contributed by atoms with Crippen molar-refractivity contribution in [1.82, 2.24) is 0 Å². The zero-order chi connectivity index (χ0) is 18.7. The van der Waals surface area contributed by atoms with Crippen molar-refractivity contribution in [2.75, 3.05) is 6.61 Å². The van der Waals surface area contributed by atoms with Crippen molar-refractivity contribution in [3.05, 3.63) is 87.7 Å². The van der Waals surface area contributed by atoms with Crippen molar-refractivity contribution in [2.24, 2.45) is 0 Å². The van der Waals surface area contributed by atoms with Crippen LogP contribution in [0.4, 0.5) is 11.4 Å². The van der Waals surface area contributed by atoms with Gasteiger partial charge in [0.15, 0.2) is 11.9 Å². The molecular formula is C18H14ClN3O5. The van der Waals surface area contributed by atoms with E-state index in [9.17, 15) is 20.2 Å². The molecule has 0 amide bonds. The van der Waals surface area contributed by atoms with Crippen molar-refractivity contribution in [2.45, 2.75) is 0 Å². The van der Waals surface area contributed by atoms with E-state index in [2.05, 4.69) is 6.58 Å². The number of halogens is 1. The van der Waals surface area contributed by atoms with E-state index in [1.54, 1.807) is 18.5 Å². The predicted octanol–water partition coefficient (Wildman–Crippen LogP) is 0.502. The molecule has 0 N–H and O–H groups in total. The number of ether oxygens (including phenoxy) is 1. The smallest absolute Gasteiger partial charge is 0.347 e. The number of nitro groups is 2. The van der Waals surface area contributed by atoms with Gasteiger partial charge in [0.05, 0.1) is 9.85 Å². The molecule has 0 aliphatic heterocycles. The average molecular weight is 388 g/mol. The standard InChI is InChI=1S/C18H14N3O5.ClH/c1-2-9-26-18-12-19(11-13-5-3-4-6-15(13)18)16-8-7-14(20(22)23)10-17(16)21(24)25;/h2-8,10-12H,1,9H2;1H/q+1;/p-1. The molecule has 0 saturated heterocycles. The lowest BCUT2D eigenvalue weighted by atomic mass is 10.1. The summed E-state index contributed by atoms with van der Waals surface area (Å²) in [6, 6.07) is 11.0. The summed E-state index contributed by atoms with van der Waals surface area (Å²) in [6.07, 6.45) is 4.92. The first-order valence-corrected chi connectivity index (χ1v) is 7.62. The van der Waals surface area contributed by atoms with Crippen LogP contribution in [-0.4, -0.2) is 16.5 Å². The number of nitrogens with zero attached hydrogens (tertiary/aromatic N) is 3. The van der Waals surface area contributed by atoms with Crippen molar-refractivity contribution >= 4 is 22.1 Å². The second-order valence-corrected chi connectivity index (χ2v) is 5.40. The van der Waals surface area contributed by atoms with Crippen LogP contribution in [0.5, 0.6) is 5.75 Å². The van der Waals surface area contributed by atoms with E-state index < -0.39 is 9.85 Å². The third-order valence-electron chi connectivity index (χ3n) is 3.76. The minimum Gasteiger partial charge on any atom is -1.00 e. The molecule has 138 valence electrons. The van der Waals surface area contributed by atoms with E-state index in [0.29, 0.717) is 5.75 Å². The van der Waals surface area contributed by atoms with Gasteiger partial charge in [0.25, 0.3) is 11.4 Å². The Balaban J connectivity index is 0.00000261. The SMILES string of the molecule is C=CCOc1c[n+](-c2ccc([N+](=O)[O-])cc2[N+](=O)[O-])cc2ccccc12.[Cl-]. The third-order valence-corrected chi connectivity index (χ3v) is 3.76. The van der Waals surface area contributed by atoms with Crippen LogP contribution in [0.15, 0.2) is 67.5 Å². The van der Waals surface area contributed by atoms with Gasteiger partial charge in [-0.3, -0.25) is 20.2 Å². The third kappa shape index (κ3) is 4.01. The molecule has 9 heteroatoms. The Morgan fingerprint density at radius 1 is 1.07 bits per heavy atom. The molecule has 0 radical (unpaired) electrons. The van der Waals surface area contributed by atoms with Gasteiger partial charge in [-0.05, 0) is 6.07 Å². The van der Waals surface area contributed by atoms with E-state index in [0.717, 1.165) is 16.8 Å². The largest absolute Gasteiger partial charge is 1.00 e. The van der Waals surface area contributed by atoms with Gasteiger partial charge in [-0.25, -0.2) is 0 Å². The van der Waals surface area contributed by atoms with Crippen LogP contribution in [0.25, 0.3) is 16.5 Å². The molecule has 0 atom stereocenters. The first kappa shape index (κ1) is 19.8. The summed E-state index contributed by atoms with van der Waals surface area (Å²) in [5.74, 6) is 0.524. The fourth-order valence-electron chi connectivity index (χ4n) is 2.61. The van der Waals surface area contributed by atoms with Crippen molar-refractivity contribution in [3.63, 3.8) is 0 Å². The molecule has 0 saturated carbocycles. The van der Waals surface area contributed by atoms with E-state index in [4.69, 9.17) is 4.74 Å². The quantitative estimate of drug-likeness (QED) is 0.265. The van der Waals surface area contributed by atoms with E-state index in [1.165, 1.54) is 16.7 Å². The molecule has 1 heterocycles. The van der Waals surface area contributed by atoms with E-state index in [-0.39, 0.29) is 36.1 Å². The molecule has 0 aliphatic carbocycles. The van der Waals surface area contributed by atoms with Crippen LogP contribution < -0.4 is 21.7 Å². The van der Waals surface area contributed by atoms with Crippen LogP contribution in [0.3, 0.4) is 0 Å². The molecule has 3 aromatic rings. The van der Waals surface area contributed by atoms with Crippen LogP contribution in [0.1, 0.15) is 0 Å². The Bertz CT molecular complexity index is 1040. The number of rotatable bonds is 6. The highest BCUT2D eigenvalue weighted by molar-refractivity contribution is 5.86. The van der Waals surface area contributed by atoms with Gasteiger partial charge in [0, 0.05) is 22.9 Å². The number of hydrogen-bond acceptors (Lipinski definition) is 5. The topological polar surface area (TPSA) is 99.4 Å². The van der Waals surface area contributed by atoms with Gasteiger partial charge in [-0.1, -0.05) is 30.9 Å². The Labute approximate surface area is 160 Å². The van der Waals surface area contributed by atoms with Gasteiger partial charge in [0.2, 0.25) is 6.20 Å². The summed E-state index contributed by atoms with van der Waals surface area (Å²) in [5.41, 5.74) is -0.506. The summed E-state index contributed by atoms with van der Waals surface area (Å²) in [4.78, 5) is 21.0. The number of non-ortho nitro benzene ring substituents is 1. The predicted molar refractivity (Wildman–Crippen MR) is 94.5 cm³/mol. The zero-order valence-electron chi connectivity index (χ0n) is 13.9. The molecule has 1 aromatic heterocycles. The summed E-state index contributed by atoms with van der Waals surface area (Å²) >= 11 is 0. The Kier molecular flexibility index (Phi) is 6.04. The second kappa shape index (κ2) is 8.24. The van der Waals surface area contributed by atoms with Crippen molar-refractivity contribution in [1.29, 1.82) is 0 Å². The number of aromatic nitrogens is 1. The maximum Gasteiger partial charge on any atom is 0.347 e. The molecule has 0 aliphatic rings. The first-order chi connectivity index (χ1) is 12.5. The Morgan fingerprint density at radius 2 is 1.81 bits per heavy atom. The van der Waals surface area contributed by atoms with Gasteiger partial charge in [-0.2, -0.15) is 4.57 Å². The lowest BCUT2D eigenvalue weighted by Gasteiger charge is -2.07. The highest BCUT2D eigenvalue weighted by Crippen LogP contribution is 2.28. The fourth-order valence-corrected chi connectivity index (χ4v) is 2.61. The summed E-state index contributed by atoms with van der Waals surface area (Å²) in [5, 5.41) is 24.0. The zero-order valence-corrected chi connectivity index (χ0v) is 14.7. The minimum absolute atomic E-state index is 0. The maximum atomic E-state index is 11.4. The maximum absolute atomic E-state index is 11.4. The fraction of sp³-hybridized carbons (Fsp3) is 0.0556. The van der Waals surface area contributed by atoms with Gasteiger partial charge < -0.3 is 17.1 Å². The molecule has 0 fully saturated rings. The number of benzene rings is 2. The molecule has 3 rings (SSSR count). The van der Waals surface area contributed by atoms with E-state index in [1.807, 2.05) is 24.3 Å². The second-order valence-electron chi connectivity index (χ2n) is 5.40. The molecule has 0 unspecified atom stereocenters. The monoisotopic (exact) mass is 387 g/mol. The lowest BCUT2D eigenvalue weighted by molar-refractivity contribution is -0.599. The van der Waals surface area contributed by atoms with Crippen molar-refractivity contribution < 1.29 is 31.6 Å². The van der Waals surface area contributed by atoms with Gasteiger partial charge >= 0.3 is 5.69 Å². The molecule has 27 heavy (non-hydrogen) atoms. The van der Waals surface area contributed by atoms with E-state index >= 15 is 0 Å². The summed E-state index contributed by atoms with van der Waals surface area (Å²) in [6.45, 7) is 3.89. The average Bonchev–Trinajstić information content (AvgIpc) is 2.65. The number of hydrogen-bond donors (Lipinski definition) is 0. The number of nitro benzene ring substituents is 2. The highest BCUT2D eigenvalue weighted by atomic mass is 35.5. The summed E-state index contributed by atoms with van der Waals surface area (Å²) < 4.78 is 7.21. The summed E-state index contributed by atoms with van der Waals surface area (Å²) in [7, 11) is 0.